The Labute approximate surface area is 141 Å². The monoisotopic (exact) mass is 333 g/mol. The summed E-state index contributed by atoms with van der Waals surface area (Å²) >= 11 is 0. The molecule has 1 aliphatic heterocycles. The fraction of sp³-hybridized carbons (Fsp3) is 0.500. The van der Waals surface area contributed by atoms with Gasteiger partial charge in [0, 0.05) is 6.54 Å². The molecule has 0 spiro atoms. The summed E-state index contributed by atoms with van der Waals surface area (Å²) in [5.41, 5.74) is 0.319. The van der Waals surface area contributed by atoms with E-state index in [1.807, 2.05) is 0 Å². The second kappa shape index (κ2) is 7.03. The maximum atomic E-state index is 12.5. The molecule has 1 heterocycles. The van der Waals surface area contributed by atoms with Crippen LogP contribution in [0.1, 0.15) is 49.5 Å². The first-order valence-corrected chi connectivity index (χ1v) is 8.02. The van der Waals surface area contributed by atoms with E-state index in [1.54, 1.807) is 37.8 Å². The van der Waals surface area contributed by atoms with Gasteiger partial charge in [0.2, 0.25) is 5.91 Å². The highest BCUT2D eigenvalue weighted by Crippen LogP contribution is 2.22. The summed E-state index contributed by atoms with van der Waals surface area (Å²) in [5, 5.41) is 8.89. The third-order valence-electron chi connectivity index (χ3n) is 3.81. The van der Waals surface area contributed by atoms with Crippen molar-refractivity contribution < 1.29 is 24.2 Å². The molecule has 1 atom stereocenters. The van der Waals surface area contributed by atoms with Gasteiger partial charge < -0.3 is 14.7 Å². The predicted octanol–water partition coefficient (Wildman–Crippen LogP) is 2.26. The van der Waals surface area contributed by atoms with Crippen molar-refractivity contribution in [2.24, 2.45) is 0 Å². The zero-order chi connectivity index (χ0) is 17.9. The van der Waals surface area contributed by atoms with Gasteiger partial charge in [-0.1, -0.05) is 12.1 Å². The fourth-order valence-corrected chi connectivity index (χ4v) is 2.72. The predicted molar refractivity (Wildman–Crippen MR) is 87.7 cm³/mol. The number of carboxylic acids is 1. The summed E-state index contributed by atoms with van der Waals surface area (Å²) < 4.78 is 5.40. The van der Waals surface area contributed by atoms with Gasteiger partial charge >= 0.3 is 11.9 Å². The molecular formula is C18H23NO5. The van der Waals surface area contributed by atoms with Gasteiger partial charge in [-0.3, -0.25) is 4.79 Å². The molecule has 6 nitrogen and oxygen atoms in total. The minimum atomic E-state index is -1.00. The Bertz CT molecular complexity index is 630. The average Bonchev–Trinajstić information content (AvgIpc) is 2.95. The van der Waals surface area contributed by atoms with Gasteiger partial charge in [0.25, 0.3) is 0 Å². The highest BCUT2D eigenvalue weighted by molar-refractivity contribution is 5.88. The smallest absolute Gasteiger partial charge is 0.335 e. The molecule has 1 saturated heterocycles. The van der Waals surface area contributed by atoms with Crippen LogP contribution in [0.2, 0.25) is 0 Å². The van der Waals surface area contributed by atoms with Gasteiger partial charge in [-0.2, -0.15) is 0 Å². The first-order valence-electron chi connectivity index (χ1n) is 8.02. The number of hydrogen-bond donors (Lipinski definition) is 1. The second-order valence-electron chi connectivity index (χ2n) is 6.96. The number of nitrogens with zero attached hydrogens (tertiary/aromatic N) is 1. The van der Waals surface area contributed by atoms with Gasteiger partial charge in [-0.05, 0) is 51.3 Å². The van der Waals surface area contributed by atoms with Crippen molar-refractivity contribution in [2.45, 2.75) is 51.7 Å². The lowest BCUT2D eigenvalue weighted by Gasteiger charge is -2.27. The van der Waals surface area contributed by atoms with Crippen LogP contribution >= 0.6 is 0 Å². The molecule has 24 heavy (non-hydrogen) atoms. The van der Waals surface area contributed by atoms with Crippen LogP contribution in [-0.2, 0) is 20.7 Å². The SMILES string of the molecule is CC(C)(C)OC(=O)[C@@H]1CCCN1C(=O)Cc1ccc(C(=O)O)cc1. The lowest BCUT2D eigenvalue weighted by atomic mass is 10.1. The van der Waals surface area contributed by atoms with Gasteiger partial charge in [-0.15, -0.1) is 0 Å². The Morgan fingerprint density at radius 3 is 2.38 bits per heavy atom. The van der Waals surface area contributed by atoms with Crippen molar-refractivity contribution >= 4 is 17.8 Å². The van der Waals surface area contributed by atoms with Crippen LogP contribution in [0.3, 0.4) is 0 Å². The van der Waals surface area contributed by atoms with E-state index in [0.717, 1.165) is 12.0 Å². The van der Waals surface area contributed by atoms with Crippen LogP contribution in [0, 0.1) is 0 Å². The highest BCUT2D eigenvalue weighted by atomic mass is 16.6. The number of rotatable bonds is 4. The quantitative estimate of drug-likeness (QED) is 0.855. The average molecular weight is 333 g/mol. The molecule has 1 aromatic carbocycles. The Balaban J connectivity index is 2.02. The van der Waals surface area contributed by atoms with Crippen LogP contribution in [0.25, 0.3) is 0 Å². The van der Waals surface area contributed by atoms with Crippen LogP contribution in [0.5, 0.6) is 0 Å². The van der Waals surface area contributed by atoms with Crippen molar-refractivity contribution in [3.63, 3.8) is 0 Å². The third kappa shape index (κ3) is 4.57. The maximum absolute atomic E-state index is 12.5. The van der Waals surface area contributed by atoms with Crippen molar-refractivity contribution in [1.29, 1.82) is 0 Å². The number of ether oxygens (including phenoxy) is 1. The molecule has 1 amide bonds. The third-order valence-corrected chi connectivity index (χ3v) is 3.81. The molecule has 2 rings (SSSR count). The minimum absolute atomic E-state index is 0.138. The van der Waals surface area contributed by atoms with E-state index in [2.05, 4.69) is 0 Å². The number of amides is 1. The summed E-state index contributed by atoms with van der Waals surface area (Å²) in [4.78, 5) is 37.2. The van der Waals surface area contributed by atoms with Crippen LogP contribution in [0.15, 0.2) is 24.3 Å². The number of aromatic carboxylic acids is 1. The standard InChI is InChI=1S/C18H23NO5/c1-18(2,3)24-17(23)14-5-4-10-19(14)15(20)11-12-6-8-13(9-7-12)16(21)22/h6-9,14H,4-5,10-11H2,1-3H3,(H,21,22)/t14-/m0/s1. The van der Waals surface area contributed by atoms with Crippen molar-refractivity contribution in [1.82, 2.24) is 4.90 Å². The number of esters is 1. The number of likely N-dealkylation sites (tertiary alicyclic amines) is 1. The molecule has 1 aromatic rings. The molecule has 6 heteroatoms. The van der Waals surface area contributed by atoms with Gasteiger partial charge in [0.15, 0.2) is 0 Å². The van der Waals surface area contributed by atoms with Gasteiger partial charge in [-0.25, -0.2) is 9.59 Å². The minimum Gasteiger partial charge on any atom is -0.478 e. The number of benzene rings is 1. The van der Waals surface area contributed by atoms with Gasteiger partial charge in [0.1, 0.15) is 11.6 Å². The van der Waals surface area contributed by atoms with Crippen LogP contribution in [-0.4, -0.2) is 46.0 Å². The fourth-order valence-electron chi connectivity index (χ4n) is 2.72. The molecule has 0 bridgehead atoms. The van der Waals surface area contributed by atoms with E-state index in [1.165, 1.54) is 12.1 Å². The largest absolute Gasteiger partial charge is 0.478 e. The molecule has 0 saturated carbocycles. The maximum Gasteiger partial charge on any atom is 0.335 e. The summed E-state index contributed by atoms with van der Waals surface area (Å²) in [6, 6.07) is 5.66. The second-order valence-corrected chi connectivity index (χ2v) is 6.96. The van der Waals surface area contributed by atoms with Crippen molar-refractivity contribution in [3.8, 4) is 0 Å². The zero-order valence-electron chi connectivity index (χ0n) is 14.2. The Morgan fingerprint density at radius 2 is 1.83 bits per heavy atom. The first-order chi connectivity index (χ1) is 11.2. The van der Waals surface area contributed by atoms with Crippen LogP contribution in [0.4, 0.5) is 0 Å². The molecule has 1 aliphatic rings. The number of carboxylic acid groups (broad SMARTS) is 1. The lowest BCUT2D eigenvalue weighted by molar-refractivity contribution is -0.163. The van der Waals surface area contributed by atoms with E-state index >= 15 is 0 Å². The van der Waals surface area contributed by atoms with E-state index in [0.29, 0.717) is 13.0 Å². The number of carbonyl (C=O) groups is 3. The highest BCUT2D eigenvalue weighted by Gasteiger charge is 2.36. The molecular weight excluding hydrogens is 310 g/mol. The Morgan fingerprint density at radius 1 is 1.21 bits per heavy atom. The molecule has 1 N–H and O–H groups in total. The van der Waals surface area contributed by atoms with Gasteiger partial charge in [0.05, 0.1) is 12.0 Å². The number of hydrogen-bond acceptors (Lipinski definition) is 4. The topological polar surface area (TPSA) is 83.9 Å². The lowest BCUT2D eigenvalue weighted by Crippen LogP contribution is -2.44. The van der Waals surface area contributed by atoms with E-state index in [4.69, 9.17) is 9.84 Å². The van der Waals surface area contributed by atoms with E-state index in [-0.39, 0.29) is 23.9 Å². The van der Waals surface area contributed by atoms with Crippen molar-refractivity contribution in [2.75, 3.05) is 6.54 Å². The van der Waals surface area contributed by atoms with Crippen LogP contribution < -0.4 is 0 Å². The van der Waals surface area contributed by atoms with Crippen molar-refractivity contribution in [3.05, 3.63) is 35.4 Å². The Kier molecular flexibility index (Phi) is 5.26. The summed E-state index contributed by atoms with van der Waals surface area (Å²) in [5.74, 6) is -1.52. The number of carbonyl (C=O) groups excluding carboxylic acids is 2. The molecule has 0 aliphatic carbocycles. The normalized spacial score (nSPS) is 17.6. The zero-order valence-corrected chi connectivity index (χ0v) is 14.2. The molecule has 130 valence electrons. The molecule has 0 unspecified atom stereocenters. The molecule has 0 aromatic heterocycles. The Hall–Kier alpha value is -2.37. The van der Waals surface area contributed by atoms with E-state index in [9.17, 15) is 14.4 Å². The summed E-state index contributed by atoms with van der Waals surface area (Å²) in [7, 11) is 0. The molecule has 0 radical (unpaired) electrons. The van der Waals surface area contributed by atoms with E-state index < -0.39 is 17.6 Å². The summed E-state index contributed by atoms with van der Waals surface area (Å²) in [6.07, 6.45) is 1.52. The summed E-state index contributed by atoms with van der Waals surface area (Å²) in [6.45, 7) is 5.94. The first kappa shape index (κ1) is 18.0. The molecule has 1 fully saturated rings.